The first-order valence-corrected chi connectivity index (χ1v) is 4.90. The van der Waals surface area contributed by atoms with Crippen LogP contribution < -0.4 is 4.74 Å². The van der Waals surface area contributed by atoms with E-state index in [4.69, 9.17) is 4.74 Å². The lowest BCUT2D eigenvalue weighted by atomic mass is 10.3. The van der Waals surface area contributed by atoms with Crippen LogP contribution in [0.5, 0.6) is 11.5 Å². The second kappa shape index (κ2) is 4.24. The molecule has 2 nitrogen and oxygen atoms in total. The highest BCUT2D eigenvalue weighted by atomic mass is 79.9. The number of aromatic nitrogens is 1. The summed E-state index contributed by atoms with van der Waals surface area (Å²) < 4.78 is 6.24. The first-order valence-electron chi connectivity index (χ1n) is 4.11. The molecule has 0 aliphatic heterocycles. The summed E-state index contributed by atoms with van der Waals surface area (Å²) in [6, 6.07) is 14.1. The molecule has 0 bridgehead atoms. The zero-order valence-electron chi connectivity index (χ0n) is 7.27. The lowest BCUT2D eigenvalue weighted by Gasteiger charge is -2.05. The van der Waals surface area contributed by atoms with Crippen LogP contribution in [0, 0.1) is 6.07 Å². The number of nitrogens with zero attached hydrogens (tertiary/aromatic N) is 1. The molecule has 3 heteroatoms. The molecule has 2 aromatic rings. The van der Waals surface area contributed by atoms with Gasteiger partial charge in [-0.15, -0.1) is 0 Å². The van der Waals surface area contributed by atoms with Crippen LogP contribution in [0.15, 0.2) is 47.2 Å². The van der Waals surface area contributed by atoms with Crippen molar-refractivity contribution in [2.75, 3.05) is 0 Å². The number of halogens is 1. The summed E-state index contributed by atoms with van der Waals surface area (Å²) in [7, 11) is 0. The zero-order chi connectivity index (χ0) is 9.80. The number of hydrogen-bond donors (Lipinski definition) is 0. The molecule has 0 aliphatic rings. The van der Waals surface area contributed by atoms with Crippen molar-refractivity contribution in [1.29, 1.82) is 0 Å². The normalized spacial score (nSPS) is 9.79. The first kappa shape index (κ1) is 9.21. The smallest absolute Gasteiger partial charge is 0.160 e. The lowest BCUT2D eigenvalue weighted by Crippen LogP contribution is -1.86. The molecular formula is C11H7BrNO. The van der Waals surface area contributed by atoms with Crippen molar-refractivity contribution in [2.24, 2.45) is 0 Å². The van der Waals surface area contributed by atoms with E-state index in [1.807, 2.05) is 30.3 Å². The average molecular weight is 249 g/mol. The zero-order valence-corrected chi connectivity index (χ0v) is 8.86. The highest BCUT2D eigenvalue weighted by Crippen LogP contribution is 2.26. The Kier molecular flexibility index (Phi) is 2.79. The van der Waals surface area contributed by atoms with E-state index in [9.17, 15) is 0 Å². The molecular weight excluding hydrogens is 242 g/mol. The van der Waals surface area contributed by atoms with E-state index in [0.717, 1.165) is 0 Å². The summed E-state index contributed by atoms with van der Waals surface area (Å²) in [5.41, 5.74) is 0. The van der Waals surface area contributed by atoms with Crippen LogP contribution in [0.25, 0.3) is 0 Å². The van der Waals surface area contributed by atoms with E-state index in [1.165, 1.54) is 0 Å². The molecule has 0 aliphatic carbocycles. The number of ether oxygens (including phenoxy) is 1. The third-order valence-corrected chi connectivity index (χ3v) is 2.22. The van der Waals surface area contributed by atoms with Crippen LogP contribution in [-0.4, -0.2) is 4.98 Å². The lowest BCUT2D eigenvalue weighted by molar-refractivity contribution is 0.475. The Morgan fingerprint density at radius 3 is 2.86 bits per heavy atom. The number of benzene rings is 1. The van der Waals surface area contributed by atoms with Crippen molar-refractivity contribution >= 4 is 15.9 Å². The Hall–Kier alpha value is -1.35. The minimum atomic E-state index is 0.682. The number of pyridine rings is 1. The van der Waals surface area contributed by atoms with Gasteiger partial charge in [0.25, 0.3) is 0 Å². The monoisotopic (exact) mass is 248 g/mol. The van der Waals surface area contributed by atoms with Gasteiger partial charge >= 0.3 is 0 Å². The predicted octanol–water partition coefficient (Wildman–Crippen LogP) is 3.44. The molecule has 0 spiro atoms. The van der Waals surface area contributed by atoms with Gasteiger partial charge in [0.1, 0.15) is 10.4 Å². The van der Waals surface area contributed by atoms with Crippen molar-refractivity contribution in [3.8, 4) is 11.5 Å². The maximum absolute atomic E-state index is 5.54. The first-order chi connectivity index (χ1) is 6.86. The van der Waals surface area contributed by atoms with Crippen molar-refractivity contribution in [1.82, 2.24) is 4.98 Å². The van der Waals surface area contributed by atoms with Gasteiger partial charge < -0.3 is 4.74 Å². The molecule has 1 radical (unpaired) electrons. The molecule has 1 aromatic heterocycles. The molecule has 0 saturated heterocycles. The van der Waals surface area contributed by atoms with Crippen molar-refractivity contribution in [3.05, 3.63) is 53.3 Å². The third-order valence-electron chi connectivity index (χ3n) is 1.63. The van der Waals surface area contributed by atoms with Crippen LogP contribution >= 0.6 is 15.9 Å². The topological polar surface area (TPSA) is 22.1 Å². The molecule has 69 valence electrons. The Balaban J connectivity index is 2.24. The third kappa shape index (κ3) is 2.12. The Morgan fingerprint density at radius 1 is 1.21 bits per heavy atom. The summed E-state index contributed by atoms with van der Waals surface area (Å²) in [4.78, 5) is 4.05. The quantitative estimate of drug-likeness (QED) is 0.760. The van der Waals surface area contributed by atoms with Gasteiger partial charge in [0.15, 0.2) is 5.75 Å². The van der Waals surface area contributed by atoms with Gasteiger partial charge in [0.2, 0.25) is 0 Å². The van der Waals surface area contributed by atoms with Crippen LogP contribution in [0.3, 0.4) is 0 Å². The fraction of sp³-hybridized carbons (Fsp3) is 0. The van der Waals surface area contributed by atoms with Gasteiger partial charge in [-0.3, -0.25) is 0 Å². The molecule has 0 amide bonds. The summed E-state index contributed by atoms with van der Waals surface area (Å²) >= 11 is 3.30. The highest BCUT2D eigenvalue weighted by Gasteiger charge is 2.01. The second-order valence-corrected chi connectivity index (χ2v) is 3.37. The van der Waals surface area contributed by atoms with Crippen LogP contribution in [0.1, 0.15) is 0 Å². The van der Waals surface area contributed by atoms with Crippen molar-refractivity contribution < 1.29 is 4.74 Å². The van der Waals surface area contributed by atoms with Crippen LogP contribution in [-0.2, 0) is 0 Å². The Labute approximate surface area is 90.7 Å². The fourth-order valence-corrected chi connectivity index (χ4v) is 1.34. The van der Waals surface area contributed by atoms with Crippen LogP contribution in [0.2, 0.25) is 0 Å². The maximum Gasteiger partial charge on any atom is 0.160 e. The predicted molar refractivity (Wildman–Crippen MR) is 57.3 cm³/mol. The van der Waals surface area contributed by atoms with E-state index in [0.29, 0.717) is 16.1 Å². The van der Waals surface area contributed by atoms with E-state index >= 15 is 0 Å². The van der Waals surface area contributed by atoms with E-state index < -0.39 is 0 Å². The molecule has 0 N–H and O–H groups in total. The molecule has 2 rings (SSSR count). The number of rotatable bonds is 2. The summed E-state index contributed by atoms with van der Waals surface area (Å²) in [6.07, 6.45) is 1.70. The van der Waals surface area contributed by atoms with Gasteiger partial charge in [0.05, 0.1) is 0 Å². The molecule has 1 aromatic carbocycles. The second-order valence-electron chi connectivity index (χ2n) is 2.62. The standard InChI is InChI=1S/C11H7BrNO/c12-11-10(7-4-8-13-11)14-9-5-2-1-3-6-9/h1-5,7-8H. The van der Waals surface area contributed by atoms with Gasteiger partial charge in [-0.1, -0.05) is 18.2 Å². The van der Waals surface area contributed by atoms with Gasteiger partial charge in [-0.2, -0.15) is 0 Å². The number of hydrogen-bond acceptors (Lipinski definition) is 2. The summed E-state index contributed by atoms with van der Waals surface area (Å²) in [5, 5.41) is 0. The minimum Gasteiger partial charge on any atom is -0.454 e. The maximum atomic E-state index is 5.54. The molecule has 0 fully saturated rings. The molecule has 0 unspecified atom stereocenters. The summed E-state index contributed by atoms with van der Waals surface area (Å²) in [5.74, 6) is 1.37. The van der Waals surface area contributed by atoms with Gasteiger partial charge in [0, 0.05) is 12.3 Å². The number of para-hydroxylation sites is 1. The molecule has 0 saturated carbocycles. The van der Waals surface area contributed by atoms with Crippen molar-refractivity contribution in [2.45, 2.75) is 0 Å². The van der Waals surface area contributed by atoms with Crippen molar-refractivity contribution in [3.63, 3.8) is 0 Å². The molecule has 1 heterocycles. The fourth-order valence-electron chi connectivity index (χ4n) is 1.01. The van der Waals surface area contributed by atoms with Gasteiger partial charge in [-0.05, 0) is 34.1 Å². The Morgan fingerprint density at radius 2 is 2.14 bits per heavy atom. The largest absolute Gasteiger partial charge is 0.454 e. The van der Waals surface area contributed by atoms with E-state index in [1.54, 1.807) is 12.3 Å². The highest BCUT2D eigenvalue weighted by molar-refractivity contribution is 9.10. The SMILES string of the molecule is Brc1ncccc1Oc1[c]cccc1. The van der Waals surface area contributed by atoms with Crippen LogP contribution in [0.4, 0.5) is 0 Å². The minimum absolute atomic E-state index is 0.682. The molecule has 14 heavy (non-hydrogen) atoms. The van der Waals surface area contributed by atoms with E-state index in [2.05, 4.69) is 27.0 Å². The Bertz CT molecular complexity index is 417. The summed E-state index contributed by atoms with van der Waals surface area (Å²) in [6.45, 7) is 0. The van der Waals surface area contributed by atoms with E-state index in [-0.39, 0.29) is 0 Å². The molecule has 0 atom stereocenters. The average Bonchev–Trinajstić information content (AvgIpc) is 2.23. The van der Waals surface area contributed by atoms with Gasteiger partial charge in [-0.25, -0.2) is 4.98 Å².